The molecule has 1 rings (SSSR count). The zero-order chi connectivity index (χ0) is 27.6. The van der Waals surface area contributed by atoms with Crippen molar-refractivity contribution in [3.05, 3.63) is 29.3 Å². The van der Waals surface area contributed by atoms with Gasteiger partial charge in [-0.1, -0.05) is 33.3 Å². The number of carbonyl (C=O) groups is 3. The summed E-state index contributed by atoms with van der Waals surface area (Å²) in [5.41, 5.74) is 0.223. The van der Waals surface area contributed by atoms with Crippen molar-refractivity contribution in [1.29, 1.82) is 5.26 Å². The molecule has 0 heterocycles. The third-order valence-corrected chi connectivity index (χ3v) is 5.43. The Labute approximate surface area is 215 Å². The van der Waals surface area contributed by atoms with Crippen LogP contribution >= 0.6 is 0 Å². The Bertz CT molecular complexity index is 948. The van der Waals surface area contributed by atoms with Gasteiger partial charge >= 0.3 is 6.09 Å². The number of rotatable bonds is 11. The summed E-state index contributed by atoms with van der Waals surface area (Å²) in [6, 6.07) is 4.35. The molecule has 0 aliphatic heterocycles. The van der Waals surface area contributed by atoms with E-state index in [1.807, 2.05) is 33.8 Å². The average molecular weight is 503 g/mol. The zero-order valence-electron chi connectivity index (χ0n) is 22.8. The molecule has 0 spiro atoms. The summed E-state index contributed by atoms with van der Waals surface area (Å²) >= 11 is 0. The number of aryl methyl sites for hydroxylation is 1. The van der Waals surface area contributed by atoms with Crippen LogP contribution in [-0.4, -0.2) is 52.1 Å². The van der Waals surface area contributed by atoms with Gasteiger partial charge in [-0.3, -0.25) is 9.59 Å². The van der Waals surface area contributed by atoms with Gasteiger partial charge in [0, 0.05) is 6.04 Å². The van der Waals surface area contributed by atoms with Crippen LogP contribution < -0.4 is 10.6 Å². The number of amides is 3. The molecule has 3 amide bonds. The summed E-state index contributed by atoms with van der Waals surface area (Å²) in [5.74, 6) is -0.916. The highest BCUT2D eigenvalue weighted by Gasteiger charge is 2.37. The van der Waals surface area contributed by atoms with Crippen LogP contribution in [0.2, 0.25) is 0 Å². The van der Waals surface area contributed by atoms with Crippen LogP contribution in [0.15, 0.2) is 18.2 Å². The van der Waals surface area contributed by atoms with E-state index in [1.54, 1.807) is 39.8 Å². The van der Waals surface area contributed by atoms with Gasteiger partial charge in [0.1, 0.15) is 30.0 Å². The number of phenols is 1. The van der Waals surface area contributed by atoms with Crippen molar-refractivity contribution in [1.82, 2.24) is 15.5 Å². The first kappa shape index (κ1) is 30.8. The summed E-state index contributed by atoms with van der Waals surface area (Å²) in [5, 5.41) is 25.2. The van der Waals surface area contributed by atoms with E-state index in [4.69, 9.17) is 4.74 Å². The lowest BCUT2D eigenvalue weighted by Gasteiger charge is -2.34. The van der Waals surface area contributed by atoms with E-state index in [1.165, 1.54) is 11.0 Å². The van der Waals surface area contributed by atoms with E-state index in [-0.39, 0.29) is 30.7 Å². The van der Waals surface area contributed by atoms with Crippen LogP contribution in [0.4, 0.5) is 4.79 Å². The van der Waals surface area contributed by atoms with Crippen LogP contribution in [0.3, 0.4) is 0 Å². The standard InChI is InChI=1S/C27H42N4O5/c1-9-10-19(5)29-24(33)23(20-11-12-22(32)18(4)16-20)31(14-13-28)25(34)21(15-17(2)3)30-26(35)36-27(6,7)8/h11-12,16-17,19,21,23,32H,9-10,14-15H2,1-8H3,(H,29,33)(H,30,35). The number of hydrogen-bond acceptors (Lipinski definition) is 6. The van der Waals surface area contributed by atoms with Gasteiger partial charge in [0.05, 0.1) is 6.07 Å². The van der Waals surface area contributed by atoms with Gasteiger partial charge in [0.2, 0.25) is 11.8 Å². The van der Waals surface area contributed by atoms with Crippen LogP contribution in [-0.2, 0) is 14.3 Å². The minimum atomic E-state index is -1.13. The quantitative estimate of drug-likeness (QED) is 0.386. The largest absolute Gasteiger partial charge is 0.508 e. The Morgan fingerprint density at radius 1 is 1.17 bits per heavy atom. The van der Waals surface area contributed by atoms with Gasteiger partial charge < -0.3 is 25.4 Å². The van der Waals surface area contributed by atoms with Gasteiger partial charge in [-0.05, 0) is 76.6 Å². The number of nitrogens with one attached hydrogen (secondary N) is 2. The summed E-state index contributed by atoms with van der Waals surface area (Å²) in [4.78, 5) is 41.1. The Kier molecular flexibility index (Phi) is 11.7. The number of benzene rings is 1. The monoisotopic (exact) mass is 502 g/mol. The van der Waals surface area contributed by atoms with E-state index >= 15 is 0 Å². The minimum absolute atomic E-state index is 0.0330. The number of nitrogens with zero attached hydrogens (tertiary/aromatic N) is 2. The fourth-order valence-electron chi connectivity index (χ4n) is 3.86. The van der Waals surface area contributed by atoms with E-state index in [0.717, 1.165) is 12.8 Å². The zero-order valence-corrected chi connectivity index (χ0v) is 22.8. The first-order valence-corrected chi connectivity index (χ1v) is 12.5. The predicted molar refractivity (Wildman–Crippen MR) is 138 cm³/mol. The number of nitriles is 1. The van der Waals surface area contributed by atoms with Crippen LogP contribution in [0.25, 0.3) is 0 Å². The molecule has 3 unspecified atom stereocenters. The normalized spacial score (nSPS) is 13.8. The van der Waals surface area contributed by atoms with Crippen molar-refractivity contribution >= 4 is 17.9 Å². The number of carbonyl (C=O) groups excluding carboxylic acids is 3. The molecule has 200 valence electrons. The van der Waals surface area contributed by atoms with Crippen molar-refractivity contribution in [2.24, 2.45) is 5.92 Å². The summed E-state index contributed by atoms with van der Waals surface area (Å²) in [7, 11) is 0. The van der Waals surface area contributed by atoms with Gasteiger partial charge in [-0.25, -0.2) is 4.79 Å². The van der Waals surface area contributed by atoms with E-state index < -0.39 is 35.6 Å². The van der Waals surface area contributed by atoms with Gasteiger partial charge in [0.25, 0.3) is 0 Å². The highest BCUT2D eigenvalue weighted by molar-refractivity contribution is 5.92. The highest BCUT2D eigenvalue weighted by atomic mass is 16.6. The van der Waals surface area contributed by atoms with Gasteiger partial charge in [-0.15, -0.1) is 0 Å². The molecule has 3 N–H and O–H groups in total. The molecule has 9 nitrogen and oxygen atoms in total. The molecule has 0 saturated carbocycles. The second-order valence-corrected chi connectivity index (χ2v) is 10.6. The first-order valence-electron chi connectivity index (χ1n) is 12.5. The fourth-order valence-corrected chi connectivity index (χ4v) is 3.86. The lowest BCUT2D eigenvalue weighted by Crippen LogP contribution is -2.54. The number of phenolic OH excluding ortho intramolecular Hbond substituents is 1. The fraction of sp³-hybridized carbons (Fsp3) is 0.630. The summed E-state index contributed by atoms with van der Waals surface area (Å²) < 4.78 is 5.35. The molecule has 0 bridgehead atoms. The first-order chi connectivity index (χ1) is 16.7. The number of ether oxygens (including phenoxy) is 1. The van der Waals surface area contributed by atoms with Crippen LogP contribution in [0.5, 0.6) is 5.75 Å². The van der Waals surface area contributed by atoms with Crippen LogP contribution in [0.1, 0.15) is 84.9 Å². The third kappa shape index (κ3) is 9.76. The van der Waals surface area contributed by atoms with Crippen molar-refractivity contribution < 1.29 is 24.2 Å². The molecule has 3 atom stereocenters. The second kappa shape index (κ2) is 13.7. The van der Waals surface area contributed by atoms with Crippen molar-refractivity contribution in [3.63, 3.8) is 0 Å². The van der Waals surface area contributed by atoms with Crippen LogP contribution in [0, 0.1) is 24.2 Å². The van der Waals surface area contributed by atoms with Gasteiger partial charge in [0.15, 0.2) is 0 Å². The smallest absolute Gasteiger partial charge is 0.408 e. The average Bonchev–Trinajstić information content (AvgIpc) is 2.73. The Morgan fingerprint density at radius 2 is 1.81 bits per heavy atom. The Hall–Kier alpha value is -3.28. The molecule has 0 aliphatic carbocycles. The molecule has 0 aliphatic rings. The Balaban J connectivity index is 3.49. The maximum absolute atomic E-state index is 13.8. The van der Waals surface area contributed by atoms with Crippen molar-refractivity contribution in [2.75, 3.05) is 6.54 Å². The van der Waals surface area contributed by atoms with Crippen molar-refractivity contribution in [2.45, 2.75) is 98.4 Å². The third-order valence-electron chi connectivity index (χ3n) is 5.43. The molecule has 1 aromatic carbocycles. The SMILES string of the molecule is CCCC(C)NC(=O)C(c1ccc(O)c(C)c1)N(CC#N)C(=O)C(CC(C)C)NC(=O)OC(C)(C)C. The highest BCUT2D eigenvalue weighted by Crippen LogP contribution is 2.28. The van der Waals surface area contributed by atoms with E-state index in [0.29, 0.717) is 11.1 Å². The number of hydrogen-bond donors (Lipinski definition) is 3. The molecule has 0 fully saturated rings. The molecule has 0 aromatic heterocycles. The molecular weight excluding hydrogens is 460 g/mol. The van der Waals surface area contributed by atoms with Crippen molar-refractivity contribution in [3.8, 4) is 11.8 Å². The molecule has 0 saturated heterocycles. The summed E-state index contributed by atoms with van der Waals surface area (Å²) in [6.45, 7) is 14.2. The maximum atomic E-state index is 13.8. The maximum Gasteiger partial charge on any atom is 0.408 e. The second-order valence-electron chi connectivity index (χ2n) is 10.6. The summed E-state index contributed by atoms with van der Waals surface area (Å²) in [6.07, 6.45) is 1.14. The van der Waals surface area contributed by atoms with E-state index in [2.05, 4.69) is 10.6 Å². The lowest BCUT2D eigenvalue weighted by atomic mass is 9.97. The topological polar surface area (TPSA) is 132 Å². The molecule has 36 heavy (non-hydrogen) atoms. The molecule has 1 aromatic rings. The predicted octanol–water partition coefficient (Wildman–Crippen LogP) is 4.34. The van der Waals surface area contributed by atoms with E-state index in [9.17, 15) is 24.8 Å². The molecule has 9 heteroatoms. The lowest BCUT2D eigenvalue weighted by molar-refractivity contribution is -0.142. The number of alkyl carbamates (subject to hydrolysis) is 1. The molecule has 0 radical (unpaired) electrons. The minimum Gasteiger partial charge on any atom is -0.508 e. The van der Waals surface area contributed by atoms with Gasteiger partial charge in [-0.2, -0.15) is 5.26 Å². The number of aromatic hydroxyl groups is 1. The Morgan fingerprint density at radius 3 is 2.31 bits per heavy atom. The molecular formula is C27H42N4O5.